The van der Waals surface area contributed by atoms with Crippen LogP contribution < -0.4 is 10.2 Å². The molecule has 1 aliphatic rings. The van der Waals surface area contributed by atoms with Crippen molar-refractivity contribution >= 4 is 5.69 Å². The molecular formula is C15H20N2. The largest absolute Gasteiger partial charge is 0.371 e. The highest BCUT2D eigenvalue weighted by Gasteiger charge is 2.19. The SMILES string of the molecule is C#CC(C)NC1CCN(c2ccccc2)CC1. The first kappa shape index (κ1) is 12.0. The molecule has 1 heterocycles. The number of rotatable bonds is 3. The average Bonchev–Trinajstić information content (AvgIpc) is 2.40. The standard InChI is InChI=1S/C15H20N2/c1-3-13(2)16-14-9-11-17(12-10-14)15-7-5-4-6-8-15/h1,4-8,13-14,16H,9-12H2,2H3. The van der Waals surface area contributed by atoms with E-state index in [1.54, 1.807) is 0 Å². The summed E-state index contributed by atoms with van der Waals surface area (Å²) in [6.07, 6.45) is 7.72. The normalized spacial score (nSPS) is 18.7. The maximum absolute atomic E-state index is 5.38. The zero-order chi connectivity index (χ0) is 12.1. The van der Waals surface area contributed by atoms with Crippen LogP contribution >= 0.6 is 0 Å². The Kier molecular flexibility index (Phi) is 4.06. The summed E-state index contributed by atoms with van der Waals surface area (Å²) >= 11 is 0. The van der Waals surface area contributed by atoms with Crippen molar-refractivity contribution in [3.05, 3.63) is 30.3 Å². The molecular weight excluding hydrogens is 208 g/mol. The highest BCUT2D eigenvalue weighted by Crippen LogP contribution is 2.19. The summed E-state index contributed by atoms with van der Waals surface area (Å²) in [7, 11) is 0. The summed E-state index contributed by atoms with van der Waals surface area (Å²) in [4.78, 5) is 2.44. The van der Waals surface area contributed by atoms with Crippen molar-refractivity contribution in [2.45, 2.75) is 31.8 Å². The zero-order valence-electron chi connectivity index (χ0n) is 10.4. The van der Waals surface area contributed by atoms with Crippen molar-refractivity contribution in [1.82, 2.24) is 5.32 Å². The third-order valence-corrected chi connectivity index (χ3v) is 3.35. The molecule has 1 fully saturated rings. The van der Waals surface area contributed by atoms with Crippen LogP contribution in [0.1, 0.15) is 19.8 Å². The summed E-state index contributed by atoms with van der Waals surface area (Å²) in [5.74, 6) is 2.73. The number of nitrogens with zero attached hydrogens (tertiary/aromatic N) is 1. The number of nitrogens with one attached hydrogen (secondary N) is 1. The van der Waals surface area contributed by atoms with Crippen molar-refractivity contribution in [2.24, 2.45) is 0 Å². The van der Waals surface area contributed by atoms with Crippen LogP contribution in [0.4, 0.5) is 5.69 Å². The Morgan fingerprint density at radius 2 is 1.94 bits per heavy atom. The highest BCUT2D eigenvalue weighted by atomic mass is 15.1. The fourth-order valence-electron chi connectivity index (χ4n) is 2.34. The van der Waals surface area contributed by atoms with E-state index >= 15 is 0 Å². The average molecular weight is 228 g/mol. The maximum atomic E-state index is 5.38. The molecule has 17 heavy (non-hydrogen) atoms. The molecule has 1 N–H and O–H groups in total. The number of terminal acetylenes is 1. The van der Waals surface area contributed by atoms with E-state index in [0.29, 0.717) is 6.04 Å². The van der Waals surface area contributed by atoms with E-state index in [4.69, 9.17) is 6.42 Å². The third kappa shape index (κ3) is 3.25. The predicted molar refractivity (Wildman–Crippen MR) is 73.1 cm³/mol. The first-order valence-electron chi connectivity index (χ1n) is 6.32. The second-order valence-electron chi connectivity index (χ2n) is 4.65. The van der Waals surface area contributed by atoms with E-state index in [2.05, 4.69) is 46.5 Å². The van der Waals surface area contributed by atoms with E-state index in [-0.39, 0.29) is 6.04 Å². The van der Waals surface area contributed by atoms with Crippen molar-refractivity contribution < 1.29 is 0 Å². The van der Waals surface area contributed by atoms with Gasteiger partial charge >= 0.3 is 0 Å². The van der Waals surface area contributed by atoms with Crippen LogP contribution in [0.15, 0.2) is 30.3 Å². The zero-order valence-corrected chi connectivity index (χ0v) is 10.4. The number of piperidine rings is 1. The van der Waals surface area contributed by atoms with Gasteiger partial charge in [0.2, 0.25) is 0 Å². The van der Waals surface area contributed by atoms with Gasteiger partial charge in [-0.2, -0.15) is 0 Å². The van der Waals surface area contributed by atoms with Crippen molar-refractivity contribution in [2.75, 3.05) is 18.0 Å². The summed E-state index contributed by atoms with van der Waals surface area (Å²) in [5, 5.41) is 3.48. The molecule has 1 atom stereocenters. The highest BCUT2D eigenvalue weighted by molar-refractivity contribution is 5.46. The molecule has 2 rings (SSSR count). The van der Waals surface area contributed by atoms with Gasteiger partial charge in [-0.15, -0.1) is 6.42 Å². The molecule has 0 radical (unpaired) electrons. The minimum Gasteiger partial charge on any atom is -0.371 e. The van der Waals surface area contributed by atoms with Crippen LogP contribution in [0, 0.1) is 12.3 Å². The first-order valence-corrected chi connectivity index (χ1v) is 6.32. The lowest BCUT2D eigenvalue weighted by Gasteiger charge is -2.34. The Balaban J connectivity index is 1.85. The van der Waals surface area contributed by atoms with Gasteiger partial charge in [0.05, 0.1) is 6.04 Å². The van der Waals surface area contributed by atoms with Gasteiger partial charge in [-0.1, -0.05) is 24.1 Å². The lowest BCUT2D eigenvalue weighted by Crippen LogP contribution is -2.45. The van der Waals surface area contributed by atoms with Gasteiger partial charge in [-0.3, -0.25) is 0 Å². The molecule has 1 aromatic rings. The van der Waals surface area contributed by atoms with Gasteiger partial charge < -0.3 is 10.2 Å². The second-order valence-corrected chi connectivity index (χ2v) is 4.65. The van der Waals surface area contributed by atoms with Gasteiger partial charge in [0.15, 0.2) is 0 Å². The number of hydrogen-bond acceptors (Lipinski definition) is 2. The van der Waals surface area contributed by atoms with Gasteiger partial charge in [0.1, 0.15) is 0 Å². The molecule has 90 valence electrons. The predicted octanol–water partition coefficient (Wildman–Crippen LogP) is 2.27. The third-order valence-electron chi connectivity index (χ3n) is 3.35. The van der Waals surface area contributed by atoms with Gasteiger partial charge in [-0.05, 0) is 31.9 Å². The van der Waals surface area contributed by atoms with Crippen molar-refractivity contribution in [3.63, 3.8) is 0 Å². The van der Waals surface area contributed by atoms with Crippen LogP contribution in [-0.4, -0.2) is 25.2 Å². The Bertz CT molecular complexity index is 372. The summed E-state index contributed by atoms with van der Waals surface area (Å²) < 4.78 is 0. The van der Waals surface area contributed by atoms with Gasteiger partial charge in [0.25, 0.3) is 0 Å². The van der Waals surface area contributed by atoms with Crippen LogP contribution in [-0.2, 0) is 0 Å². The molecule has 0 amide bonds. The van der Waals surface area contributed by atoms with Crippen molar-refractivity contribution in [1.29, 1.82) is 0 Å². The van der Waals surface area contributed by atoms with Gasteiger partial charge in [0, 0.05) is 24.8 Å². The molecule has 0 bridgehead atoms. The molecule has 1 aliphatic heterocycles. The maximum Gasteiger partial charge on any atom is 0.0660 e. The fraction of sp³-hybridized carbons (Fsp3) is 0.467. The monoisotopic (exact) mass is 228 g/mol. The number of anilines is 1. The number of benzene rings is 1. The lowest BCUT2D eigenvalue weighted by molar-refractivity contribution is 0.403. The smallest absolute Gasteiger partial charge is 0.0660 e. The van der Waals surface area contributed by atoms with Crippen LogP contribution in [0.5, 0.6) is 0 Å². The molecule has 0 spiro atoms. The number of hydrogen-bond donors (Lipinski definition) is 1. The van der Waals surface area contributed by atoms with Gasteiger partial charge in [-0.25, -0.2) is 0 Å². The molecule has 1 aromatic carbocycles. The Hall–Kier alpha value is -1.46. The van der Waals surface area contributed by atoms with E-state index < -0.39 is 0 Å². The fourth-order valence-corrected chi connectivity index (χ4v) is 2.34. The van der Waals surface area contributed by atoms with Crippen LogP contribution in [0.2, 0.25) is 0 Å². The van der Waals surface area contributed by atoms with E-state index in [0.717, 1.165) is 13.1 Å². The molecule has 0 aromatic heterocycles. The minimum absolute atomic E-state index is 0.184. The summed E-state index contributed by atoms with van der Waals surface area (Å²) in [6, 6.07) is 11.4. The summed E-state index contributed by atoms with van der Waals surface area (Å²) in [6.45, 7) is 4.27. The van der Waals surface area contributed by atoms with Crippen LogP contribution in [0.3, 0.4) is 0 Å². The molecule has 1 saturated heterocycles. The lowest BCUT2D eigenvalue weighted by atomic mass is 10.0. The molecule has 0 saturated carbocycles. The van der Waals surface area contributed by atoms with E-state index in [1.807, 2.05) is 6.92 Å². The molecule has 1 unspecified atom stereocenters. The summed E-state index contributed by atoms with van der Waals surface area (Å²) in [5.41, 5.74) is 1.33. The quantitative estimate of drug-likeness (QED) is 0.798. The minimum atomic E-state index is 0.184. The Morgan fingerprint density at radius 3 is 2.53 bits per heavy atom. The van der Waals surface area contributed by atoms with E-state index in [1.165, 1.54) is 18.5 Å². The Morgan fingerprint density at radius 1 is 1.29 bits per heavy atom. The van der Waals surface area contributed by atoms with Crippen LogP contribution in [0.25, 0.3) is 0 Å². The second kappa shape index (κ2) is 5.75. The molecule has 0 aliphatic carbocycles. The van der Waals surface area contributed by atoms with E-state index in [9.17, 15) is 0 Å². The van der Waals surface area contributed by atoms with Crippen molar-refractivity contribution in [3.8, 4) is 12.3 Å². The topological polar surface area (TPSA) is 15.3 Å². The Labute approximate surface area is 104 Å². The molecule has 2 nitrogen and oxygen atoms in total. The molecule has 2 heteroatoms. The first-order chi connectivity index (χ1) is 8.29. The number of para-hydroxylation sites is 1.